The second kappa shape index (κ2) is 7.41. The number of hydrogen-bond donors (Lipinski definition) is 4. The number of carbonyl (C=O) groups excluding carboxylic acids is 1. The quantitative estimate of drug-likeness (QED) is 0.648. The lowest BCUT2D eigenvalue weighted by molar-refractivity contribution is -0.123. The van der Waals surface area contributed by atoms with Crippen LogP contribution in [0.15, 0.2) is 30.3 Å². The summed E-state index contributed by atoms with van der Waals surface area (Å²) in [6.07, 6.45) is 2.86. The summed E-state index contributed by atoms with van der Waals surface area (Å²) < 4.78 is 5.95. The van der Waals surface area contributed by atoms with Crippen molar-refractivity contribution in [3.05, 3.63) is 35.9 Å². The molecule has 3 unspecified atom stereocenters. The van der Waals surface area contributed by atoms with Gasteiger partial charge < -0.3 is 10.1 Å². The molecule has 1 aromatic rings. The van der Waals surface area contributed by atoms with E-state index in [9.17, 15) is 4.79 Å². The fourth-order valence-corrected chi connectivity index (χ4v) is 4.14. The van der Waals surface area contributed by atoms with Crippen molar-refractivity contribution in [1.29, 1.82) is 0 Å². The van der Waals surface area contributed by atoms with E-state index >= 15 is 0 Å². The molecule has 6 heteroatoms. The molecule has 1 aromatic carbocycles. The molecule has 4 N–H and O–H groups in total. The summed E-state index contributed by atoms with van der Waals surface area (Å²) in [4.78, 5) is 12.4. The first-order chi connectivity index (χ1) is 11.9. The normalized spacial score (nSPS) is 31.6. The van der Waals surface area contributed by atoms with E-state index < -0.39 is 0 Å². The topological polar surface area (TPSA) is 74.4 Å². The first-order valence-electron chi connectivity index (χ1n) is 9.15. The largest absolute Gasteiger partial charge is 0.376 e. The third-order valence-electron chi connectivity index (χ3n) is 5.44. The molecule has 1 amide bonds. The Morgan fingerprint density at radius 2 is 2.04 bits per heavy atom. The molecule has 0 spiro atoms. The van der Waals surface area contributed by atoms with E-state index in [4.69, 9.17) is 4.74 Å². The Balaban J connectivity index is 1.67. The number of ether oxygens (including phenoxy) is 1. The monoisotopic (exact) mass is 346 g/mol. The number of carbonyl (C=O) groups is 1. The van der Waals surface area contributed by atoms with E-state index in [-0.39, 0.29) is 29.0 Å². The number of hydrogen-bond acceptors (Lipinski definition) is 5. The smallest absolute Gasteiger partial charge is 0.240 e. The lowest BCUT2D eigenvalue weighted by Gasteiger charge is -2.45. The Morgan fingerprint density at radius 3 is 2.68 bits per heavy atom. The van der Waals surface area contributed by atoms with Crippen LogP contribution in [-0.4, -0.2) is 36.7 Å². The van der Waals surface area contributed by atoms with Gasteiger partial charge in [-0.15, -0.1) is 0 Å². The molecule has 0 aromatic heterocycles. The van der Waals surface area contributed by atoms with Crippen LogP contribution in [0.3, 0.4) is 0 Å². The summed E-state index contributed by atoms with van der Waals surface area (Å²) in [5.41, 5.74) is 10.0. The number of rotatable bonds is 5. The molecule has 2 saturated heterocycles. The van der Waals surface area contributed by atoms with Crippen molar-refractivity contribution < 1.29 is 9.53 Å². The van der Waals surface area contributed by atoms with Gasteiger partial charge in [-0.25, -0.2) is 10.9 Å². The van der Waals surface area contributed by atoms with Gasteiger partial charge in [0.05, 0.1) is 5.60 Å². The molecule has 0 bridgehead atoms. The highest BCUT2D eigenvalue weighted by atomic mass is 16.5. The van der Waals surface area contributed by atoms with Gasteiger partial charge in [0.1, 0.15) is 6.04 Å². The number of hydrazine groups is 2. The van der Waals surface area contributed by atoms with Crippen LogP contribution in [0.1, 0.15) is 45.6 Å². The molecular weight excluding hydrogens is 316 g/mol. The Hall–Kier alpha value is -1.47. The van der Waals surface area contributed by atoms with Gasteiger partial charge in [-0.1, -0.05) is 30.3 Å². The van der Waals surface area contributed by atoms with Gasteiger partial charge in [0.25, 0.3) is 0 Å². The summed E-state index contributed by atoms with van der Waals surface area (Å²) in [6.45, 7) is 7.71. The first kappa shape index (κ1) is 18.3. The Morgan fingerprint density at radius 1 is 1.28 bits per heavy atom. The van der Waals surface area contributed by atoms with Crippen molar-refractivity contribution in [1.82, 2.24) is 21.7 Å². The van der Waals surface area contributed by atoms with E-state index in [0.29, 0.717) is 6.54 Å². The molecule has 3 rings (SSSR count). The number of amides is 1. The molecule has 138 valence electrons. The average molecular weight is 346 g/mol. The van der Waals surface area contributed by atoms with E-state index in [0.717, 1.165) is 25.9 Å². The summed E-state index contributed by atoms with van der Waals surface area (Å²) in [7, 11) is 0. The van der Waals surface area contributed by atoms with Crippen molar-refractivity contribution >= 4 is 5.91 Å². The van der Waals surface area contributed by atoms with E-state index in [2.05, 4.69) is 65.9 Å². The molecule has 0 aliphatic carbocycles. The Labute approximate surface area is 150 Å². The third-order valence-corrected chi connectivity index (χ3v) is 5.44. The maximum atomic E-state index is 12.4. The fourth-order valence-electron chi connectivity index (χ4n) is 4.14. The molecule has 6 nitrogen and oxygen atoms in total. The standard InChI is InChI=1S/C19H30N4O2/c1-14-16(22-23-21-14)17(24)20-11-9-19(15-7-5-4-6-8-15)10-12-25-18(2,3)13-19/h4-8,14,16,21-23H,9-13H2,1-3H3,(H,20,24). The molecule has 2 fully saturated rings. The van der Waals surface area contributed by atoms with E-state index in [1.165, 1.54) is 5.56 Å². The molecule has 0 radical (unpaired) electrons. The van der Waals surface area contributed by atoms with Gasteiger partial charge >= 0.3 is 0 Å². The second-order valence-corrected chi connectivity index (χ2v) is 7.90. The van der Waals surface area contributed by atoms with Crippen LogP contribution in [0.25, 0.3) is 0 Å². The Bertz CT molecular complexity index is 592. The summed E-state index contributed by atoms with van der Waals surface area (Å²) in [6, 6.07) is 10.5. The lowest BCUT2D eigenvalue weighted by Crippen LogP contribution is -2.49. The molecule has 2 aliphatic rings. The molecule has 2 heterocycles. The zero-order chi connectivity index (χ0) is 17.9. The van der Waals surface area contributed by atoms with E-state index in [1.54, 1.807) is 0 Å². The van der Waals surface area contributed by atoms with Gasteiger partial charge in [-0.05, 0) is 45.6 Å². The van der Waals surface area contributed by atoms with Crippen molar-refractivity contribution in [3.8, 4) is 0 Å². The highest BCUT2D eigenvalue weighted by molar-refractivity contribution is 5.82. The van der Waals surface area contributed by atoms with Crippen LogP contribution < -0.4 is 21.7 Å². The minimum atomic E-state index is -0.251. The zero-order valence-electron chi connectivity index (χ0n) is 15.4. The van der Waals surface area contributed by atoms with Crippen LogP contribution in [0.2, 0.25) is 0 Å². The molecule has 3 atom stereocenters. The van der Waals surface area contributed by atoms with Crippen molar-refractivity contribution in [3.63, 3.8) is 0 Å². The van der Waals surface area contributed by atoms with Crippen LogP contribution >= 0.6 is 0 Å². The predicted molar refractivity (Wildman–Crippen MR) is 97.7 cm³/mol. The highest BCUT2D eigenvalue weighted by Gasteiger charge is 2.42. The van der Waals surface area contributed by atoms with Crippen LogP contribution in [-0.2, 0) is 14.9 Å². The van der Waals surface area contributed by atoms with Crippen LogP contribution in [0, 0.1) is 0 Å². The maximum absolute atomic E-state index is 12.4. The van der Waals surface area contributed by atoms with Crippen LogP contribution in [0.5, 0.6) is 0 Å². The van der Waals surface area contributed by atoms with E-state index in [1.807, 2.05) is 6.92 Å². The lowest BCUT2D eigenvalue weighted by atomic mass is 9.67. The Kier molecular flexibility index (Phi) is 5.43. The third kappa shape index (κ3) is 4.20. The molecule has 0 saturated carbocycles. The minimum absolute atomic E-state index is 0.0273. The minimum Gasteiger partial charge on any atom is -0.376 e. The predicted octanol–water partition coefficient (Wildman–Crippen LogP) is 1.39. The van der Waals surface area contributed by atoms with Crippen LogP contribution in [0.4, 0.5) is 0 Å². The maximum Gasteiger partial charge on any atom is 0.240 e. The summed E-state index contributed by atoms with van der Waals surface area (Å²) >= 11 is 0. The fraction of sp³-hybridized carbons (Fsp3) is 0.632. The van der Waals surface area contributed by atoms with Crippen molar-refractivity contribution in [2.75, 3.05) is 13.2 Å². The number of benzene rings is 1. The van der Waals surface area contributed by atoms with Gasteiger partial charge in [0, 0.05) is 24.6 Å². The van der Waals surface area contributed by atoms with Gasteiger partial charge in [-0.3, -0.25) is 4.79 Å². The first-order valence-corrected chi connectivity index (χ1v) is 9.15. The SMILES string of the molecule is CC1NNNC1C(=O)NCCC1(c2ccccc2)CCOC(C)(C)C1. The average Bonchev–Trinajstić information content (AvgIpc) is 3.01. The van der Waals surface area contributed by atoms with Gasteiger partial charge in [-0.2, -0.15) is 5.53 Å². The number of nitrogens with one attached hydrogen (secondary N) is 4. The highest BCUT2D eigenvalue weighted by Crippen LogP contribution is 2.43. The molecule has 25 heavy (non-hydrogen) atoms. The second-order valence-electron chi connectivity index (χ2n) is 7.90. The molecular formula is C19H30N4O2. The van der Waals surface area contributed by atoms with Gasteiger partial charge in [0.15, 0.2) is 0 Å². The van der Waals surface area contributed by atoms with Crippen molar-refractivity contribution in [2.45, 2.75) is 63.1 Å². The van der Waals surface area contributed by atoms with Gasteiger partial charge in [0.2, 0.25) is 5.91 Å². The molecule has 2 aliphatic heterocycles. The zero-order valence-corrected chi connectivity index (χ0v) is 15.4. The summed E-state index contributed by atoms with van der Waals surface area (Å²) in [5, 5.41) is 3.10. The summed E-state index contributed by atoms with van der Waals surface area (Å²) in [5.74, 6) is 0.0273. The van der Waals surface area contributed by atoms with Crippen molar-refractivity contribution in [2.24, 2.45) is 0 Å².